The minimum atomic E-state index is -1.05. The van der Waals surface area contributed by atoms with Gasteiger partial charge in [-0.15, -0.1) is 0 Å². The van der Waals surface area contributed by atoms with E-state index in [9.17, 15) is 9.90 Å². The molecule has 0 amide bonds. The lowest BCUT2D eigenvalue weighted by Gasteiger charge is -2.19. The second-order valence-electron chi connectivity index (χ2n) is 3.83. The molecule has 1 aromatic carbocycles. The number of quaternary nitrogens is 1. The highest BCUT2D eigenvalue weighted by Gasteiger charge is 2.30. The van der Waals surface area contributed by atoms with Crippen molar-refractivity contribution in [1.29, 1.82) is 0 Å². The fourth-order valence-electron chi connectivity index (χ4n) is 1.17. The van der Waals surface area contributed by atoms with Gasteiger partial charge in [0.15, 0.2) is 5.75 Å². The Bertz CT molecular complexity index is 387. The van der Waals surface area contributed by atoms with E-state index >= 15 is 0 Å². The van der Waals surface area contributed by atoms with Crippen molar-refractivity contribution in [2.75, 3.05) is 0 Å². The normalized spacial score (nSPS) is 11.4. The van der Waals surface area contributed by atoms with E-state index in [1.165, 1.54) is 18.2 Å². The zero-order valence-electron chi connectivity index (χ0n) is 8.56. The number of phenols is 1. The minimum Gasteiger partial charge on any atom is -0.503 e. The highest BCUT2D eigenvalue weighted by atomic mass is 16.5. The van der Waals surface area contributed by atoms with Crippen LogP contribution in [0.1, 0.15) is 19.4 Å². The molecule has 0 aliphatic carbocycles. The van der Waals surface area contributed by atoms with Gasteiger partial charge in [0, 0.05) is 6.07 Å². The molecule has 0 aliphatic heterocycles. The Kier molecular flexibility index (Phi) is 2.97. The SMILES string of the molecule is CC(C)(C(=O)O)c1ccc(O)c([NH2+]O)c1. The average Bonchev–Trinajstić information content (AvgIpc) is 2.18. The molecule has 0 saturated heterocycles. The first-order valence-corrected chi connectivity index (χ1v) is 4.44. The molecule has 0 unspecified atom stereocenters. The highest BCUT2D eigenvalue weighted by molar-refractivity contribution is 5.80. The molecule has 5 heteroatoms. The Labute approximate surface area is 86.9 Å². The third kappa shape index (κ3) is 2.08. The number of carboxylic acids is 1. The first kappa shape index (κ1) is 11.5. The number of aromatic hydroxyl groups is 1. The lowest BCUT2D eigenvalue weighted by Crippen LogP contribution is -2.73. The van der Waals surface area contributed by atoms with Crippen molar-refractivity contribution in [2.24, 2.45) is 0 Å². The predicted octanol–water partition coefficient (Wildman–Crippen LogP) is 0.338. The smallest absolute Gasteiger partial charge is 0.313 e. The third-order valence-electron chi connectivity index (χ3n) is 2.42. The van der Waals surface area contributed by atoms with Gasteiger partial charge in [-0.25, -0.2) is 5.21 Å². The molecule has 5 N–H and O–H groups in total. The second kappa shape index (κ2) is 3.88. The van der Waals surface area contributed by atoms with Gasteiger partial charge < -0.3 is 10.2 Å². The van der Waals surface area contributed by atoms with E-state index in [1.54, 1.807) is 13.8 Å². The Morgan fingerprint density at radius 1 is 1.40 bits per heavy atom. The van der Waals surface area contributed by atoms with Gasteiger partial charge in [0.1, 0.15) is 0 Å². The van der Waals surface area contributed by atoms with Gasteiger partial charge in [-0.2, -0.15) is 5.48 Å². The van der Waals surface area contributed by atoms with Crippen LogP contribution in [0.15, 0.2) is 18.2 Å². The Hall–Kier alpha value is -1.59. The number of hydrogen-bond acceptors (Lipinski definition) is 3. The van der Waals surface area contributed by atoms with Gasteiger partial charge in [-0.1, -0.05) is 6.07 Å². The van der Waals surface area contributed by atoms with Gasteiger partial charge in [-0.05, 0) is 25.5 Å². The van der Waals surface area contributed by atoms with Gasteiger partial charge in [0.05, 0.1) is 5.41 Å². The highest BCUT2D eigenvalue weighted by Crippen LogP contribution is 2.28. The van der Waals surface area contributed by atoms with Crippen molar-refractivity contribution in [3.05, 3.63) is 23.8 Å². The molecular formula is C10H14NO4+. The molecule has 0 aromatic heterocycles. The number of nitrogens with two attached hydrogens (primary N) is 1. The van der Waals surface area contributed by atoms with Crippen LogP contribution in [0, 0.1) is 0 Å². The van der Waals surface area contributed by atoms with Gasteiger partial charge in [0.25, 0.3) is 0 Å². The van der Waals surface area contributed by atoms with E-state index in [4.69, 9.17) is 10.3 Å². The zero-order chi connectivity index (χ0) is 11.6. The van der Waals surface area contributed by atoms with Crippen LogP contribution in [0.4, 0.5) is 5.69 Å². The van der Waals surface area contributed by atoms with Gasteiger partial charge >= 0.3 is 5.97 Å². The molecule has 0 fully saturated rings. The number of carboxylic acid groups (broad SMARTS) is 1. The fraction of sp³-hybridized carbons (Fsp3) is 0.300. The number of carbonyl (C=O) groups is 1. The van der Waals surface area contributed by atoms with Crippen molar-refractivity contribution in [1.82, 2.24) is 0 Å². The molecule has 0 atom stereocenters. The second-order valence-corrected chi connectivity index (χ2v) is 3.83. The maximum absolute atomic E-state index is 11.0. The average molecular weight is 212 g/mol. The fourth-order valence-corrected chi connectivity index (χ4v) is 1.17. The molecule has 0 aliphatic rings. The van der Waals surface area contributed by atoms with Crippen LogP contribution < -0.4 is 5.48 Å². The molecule has 0 bridgehead atoms. The van der Waals surface area contributed by atoms with Crippen molar-refractivity contribution in [3.63, 3.8) is 0 Å². The summed E-state index contributed by atoms with van der Waals surface area (Å²) in [4.78, 5) is 11.0. The molecule has 0 heterocycles. The maximum atomic E-state index is 11.0. The van der Waals surface area contributed by atoms with E-state index in [-0.39, 0.29) is 11.4 Å². The van der Waals surface area contributed by atoms with E-state index < -0.39 is 11.4 Å². The molecule has 1 rings (SSSR count). The molecular weight excluding hydrogens is 198 g/mol. The third-order valence-corrected chi connectivity index (χ3v) is 2.42. The maximum Gasteiger partial charge on any atom is 0.313 e. The first-order chi connectivity index (χ1) is 6.89. The van der Waals surface area contributed by atoms with Crippen LogP contribution in [0.3, 0.4) is 0 Å². The number of hydrogen-bond donors (Lipinski definition) is 4. The topological polar surface area (TPSA) is 94.4 Å². The van der Waals surface area contributed by atoms with E-state index in [1.807, 2.05) is 0 Å². The summed E-state index contributed by atoms with van der Waals surface area (Å²) in [5, 5.41) is 27.1. The number of benzene rings is 1. The van der Waals surface area contributed by atoms with Gasteiger partial charge in [0.2, 0.25) is 5.69 Å². The summed E-state index contributed by atoms with van der Waals surface area (Å²) >= 11 is 0. The minimum absolute atomic E-state index is 0.0811. The predicted molar refractivity (Wildman–Crippen MR) is 52.1 cm³/mol. The molecule has 1 aromatic rings. The van der Waals surface area contributed by atoms with Crippen molar-refractivity contribution < 1.29 is 25.7 Å². The summed E-state index contributed by atoms with van der Waals surface area (Å²) < 4.78 is 0. The van der Waals surface area contributed by atoms with Crippen LogP contribution in [-0.4, -0.2) is 21.4 Å². The van der Waals surface area contributed by atoms with Crippen LogP contribution >= 0.6 is 0 Å². The Morgan fingerprint density at radius 3 is 2.47 bits per heavy atom. The molecule has 0 spiro atoms. The zero-order valence-corrected chi connectivity index (χ0v) is 8.56. The quantitative estimate of drug-likeness (QED) is 0.330. The van der Waals surface area contributed by atoms with Crippen LogP contribution in [0.2, 0.25) is 0 Å². The number of rotatable bonds is 3. The summed E-state index contributed by atoms with van der Waals surface area (Å²) in [6, 6.07) is 4.34. The molecule has 5 nitrogen and oxygen atoms in total. The monoisotopic (exact) mass is 212 g/mol. The van der Waals surface area contributed by atoms with Crippen LogP contribution in [-0.2, 0) is 10.2 Å². The molecule has 82 valence electrons. The number of aliphatic carboxylic acids is 1. The van der Waals surface area contributed by atoms with Crippen molar-refractivity contribution in [3.8, 4) is 5.75 Å². The summed E-state index contributed by atoms with van der Waals surface area (Å²) in [5.41, 5.74) is 0.428. The number of phenolic OH excluding ortho intramolecular Hbond substituents is 1. The first-order valence-electron chi connectivity index (χ1n) is 4.44. The van der Waals surface area contributed by atoms with Crippen LogP contribution in [0.25, 0.3) is 0 Å². The van der Waals surface area contributed by atoms with Crippen molar-refractivity contribution in [2.45, 2.75) is 19.3 Å². The van der Waals surface area contributed by atoms with Crippen molar-refractivity contribution >= 4 is 11.7 Å². The Balaban J connectivity index is 3.22. The van der Waals surface area contributed by atoms with E-state index in [0.29, 0.717) is 5.56 Å². The van der Waals surface area contributed by atoms with Gasteiger partial charge in [-0.3, -0.25) is 4.79 Å². The summed E-state index contributed by atoms with van der Waals surface area (Å²) in [7, 11) is 0. The summed E-state index contributed by atoms with van der Waals surface area (Å²) in [5.74, 6) is -1.04. The van der Waals surface area contributed by atoms with E-state index in [2.05, 4.69) is 0 Å². The summed E-state index contributed by atoms with van der Waals surface area (Å²) in [6.07, 6.45) is 0. The standard InChI is InChI=1S/C10H13NO4/c1-10(2,9(13)14)6-3-4-8(12)7(5-6)11-15/h3-5,11-12,15H,1-2H3,(H,13,14)/p+1. The largest absolute Gasteiger partial charge is 0.503 e. The van der Waals surface area contributed by atoms with Crippen LogP contribution in [0.5, 0.6) is 5.75 Å². The molecule has 0 radical (unpaired) electrons. The van der Waals surface area contributed by atoms with E-state index in [0.717, 1.165) is 5.48 Å². The lowest BCUT2D eigenvalue weighted by atomic mass is 9.84. The molecule has 0 saturated carbocycles. The molecule has 15 heavy (non-hydrogen) atoms. The summed E-state index contributed by atoms with van der Waals surface area (Å²) in [6.45, 7) is 3.12. The lowest BCUT2D eigenvalue weighted by molar-refractivity contribution is -0.826. The Morgan fingerprint density at radius 2 is 2.00 bits per heavy atom.